The van der Waals surface area contributed by atoms with Gasteiger partial charge in [-0.2, -0.15) is 4.98 Å². The highest BCUT2D eigenvalue weighted by Gasteiger charge is 2.39. The Morgan fingerprint density at radius 2 is 2.18 bits per heavy atom. The zero-order valence-corrected chi connectivity index (χ0v) is 13.2. The number of carbonyl (C=O) groups excluding carboxylic acids is 1. The van der Waals surface area contributed by atoms with Gasteiger partial charge in [0.25, 0.3) is 5.91 Å². The van der Waals surface area contributed by atoms with Crippen LogP contribution in [0.1, 0.15) is 56.4 Å². The van der Waals surface area contributed by atoms with E-state index in [9.17, 15) is 4.79 Å². The minimum Gasteiger partial charge on any atom is -0.368 e. The van der Waals surface area contributed by atoms with Gasteiger partial charge in [-0.05, 0) is 18.9 Å². The minimum absolute atomic E-state index is 0.0419. The van der Waals surface area contributed by atoms with Crippen LogP contribution in [0.3, 0.4) is 0 Å². The van der Waals surface area contributed by atoms with E-state index in [0.717, 1.165) is 43.1 Å². The molecule has 0 saturated carbocycles. The van der Waals surface area contributed by atoms with E-state index in [0.29, 0.717) is 12.2 Å². The van der Waals surface area contributed by atoms with E-state index in [2.05, 4.69) is 33.7 Å². The predicted octanol–water partition coefficient (Wildman–Crippen LogP) is 2.44. The Morgan fingerprint density at radius 1 is 1.36 bits per heavy atom. The van der Waals surface area contributed by atoms with Crippen molar-refractivity contribution in [1.82, 2.24) is 19.9 Å². The van der Waals surface area contributed by atoms with Gasteiger partial charge in [0.1, 0.15) is 11.3 Å². The first-order valence-corrected chi connectivity index (χ1v) is 8.04. The Balaban J connectivity index is 2.23. The first-order valence-electron chi connectivity index (χ1n) is 8.04. The van der Waals surface area contributed by atoms with Crippen LogP contribution < -0.4 is 11.1 Å². The van der Waals surface area contributed by atoms with Crippen LogP contribution in [0.15, 0.2) is 12.3 Å². The molecule has 3 rings (SSSR count). The molecule has 1 unspecified atom stereocenters. The van der Waals surface area contributed by atoms with E-state index < -0.39 is 0 Å². The lowest BCUT2D eigenvalue weighted by Gasteiger charge is -2.40. The third-order valence-electron chi connectivity index (χ3n) is 4.56. The van der Waals surface area contributed by atoms with Crippen LogP contribution in [0.2, 0.25) is 0 Å². The van der Waals surface area contributed by atoms with E-state index in [4.69, 9.17) is 5.73 Å². The topological polar surface area (TPSA) is 85.8 Å². The van der Waals surface area contributed by atoms with Crippen molar-refractivity contribution in [3.05, 3.63) is 18.0 Å². The first kappa shape index (κ1) is 14.8. The molecule has 1 atom stereocenters. The molecule has 1 aliphatic rings. The Bertz CT molecular complexity index is 708. The van der Waals surface area contributed by atoms with Gasteiger partial charge in [0.05, 0.1) is 5.54 Å². The zero-order chi connectivity index (χ0) is 15.7. The Hall–Kier alpha value is -2.11. The first-order chi connectivity index (χ1) is 10.6. The van der Waals surface area contributed by atoms with E-state index in [1.165, 1.54) is 0 Å². The highest BCUT2D eigenvalue weighted by Crippen LogP contribution is 2.36. The minimum atomic E-state index is -0.115. The number of aromatic nitrogens is 3. The number of nitrogen functional groups attached to an aromatic ring is 1. The second kappa shape index (κ2) is 5.59. The van der Waals surface area contributed by atoms with Gasteiger partial charge in [-0.25, -0.2) is 4.98 Å². The molecule has 6 heteroatoms. The van der Waals surface area contributed by atoms with Gasteiger partial charge in [0.15, 0.2) is 0 Å². The molecule has 0 saturated heterocycles. The summed E-state index contributed by atoms with van der Waals surface area (Å²) < 4.78 is 2.12. The van der Waals surface area contributed by atoms with Crippen molar-refractivity contribution in [1.29, 1.82) is 0 Å². The van der Waals surface area contributed by atoms with Gasteiger partial charge in [-0.1, -0.05) is 33.1 Å². The summed E-state index contributed by atoms with van der Waals surface area (Å²) in [5.74, 6) is 0.208. The summed E-state index contributed by atoms with van der Waals surface area (Å²) in [6.45, 7) is 5.02. The average Bonchev–Trinajstić information content (AvgIpc) is 2.89. The third-order valence-corrected chi connectivity index (χ3v) is 4.56. The fourth-order valence-electron chi connectivity index (χ4n) is 3.56. The summed E-state index contributed by atoms with van der Waals surface area (Å²) >= 11 is 0. The molecule has 0 aliphatic carbocycles. The van der Waals surface area contributed by atoms with Crippen LogP contribution in [0.5, 0.6) is 0 Å². The molecular weight excluding hydrogens is 278 g/mol. The van der Waals surface area contributed by atoms with Crippen LogP contribution in [-0.4, -0.2) is 27.0 Å². The summed E-state index contributed by atoms with van der Waals surface area (Å²) in [4.78, 5) is 20.8. The maximum absolute atomic E-state index is 12.3. The molecule has 118 valence electrons. The second-order valence-corrected chi connectivity index (χ2v) is 6.13. The van der Waals surface area contributed by atoms with Gasteiger partial charge in [0, 0.05) is 18.1 Å². The van der Waals surface area contributed by atoms with Crippen LogP contribution >= 0.6 is 0 Å². The smallest absolute Gasteiger partial charge is 0.268 e. The molecule has 0 spiro atoms. The maximum atomic E-state index is 12.3. The predicted molar refractivity (Wildman–Crippen MR) is 86.7 cm³/mol. The van der Waals surface area contributed by atoms with E-state index in [-0.39, 0.29) is 17.4 Å². The molecule has 1 aliphatic heterocycles. The molecule has 22 heavy (non-hydrogen) atoms. The molecule has 0 bridgehead atoms. The third kappa shape index (κ3) is 2.23. The normalized spacial score (nSPS) is 20.9. The fourth-order valence-corrected chi connectivity index (χ4v) is 3.56. The summed E-state index contributed by atoms with van der Waals surface area (Å²) in [6.07, 6.45) is 7.04. The molecule has 3 heterocycles. The second-order valence-electron chi connectivity index (χ2n) is 6.13. The molecule has 6 nitrogen and oxygen atoms in total. The average molecular weight is 301 g/mol. The van der Waals surface area contributed by atoms with Crippen molar-refractivity contribution >= 4 is 22.9 Å². The SMILES string of the molecule is CCCCC1(CCC)CNC(=O)c2cc3cnc(N)nc3n21. The van der Waals surface area contributed by atoms with Gasteiger partial charge in [-0.3, -0.25) is 4.79 Å². The lowest BCUT2D eigenvalue weighted by molar-refractivity contribution is 0.0854. The highest BCUT2D eigenvalue weighted by molar-refractivity contribution is 5.99. The van der Waals surface area contributed by atoms with Crippen molar-refractivity contribution < 1.29 is 4.79 Å². The summed E-state index contributed by atoms with van der Waals surface area (Å²) in [7, 11) is 0. The van der Waals surface area contributed by atoms with Crippen molar-refractivity contribution in [2.24, 2.45) is 0 Å². The molecule has 1 amide bonds. The van der Waals surface area contributed by atoms with Gasteiger partial charge in [-0.15, -0.1) is 0 Å². The lowest BCUT2D eigenvalue weighted by Crippen LogP contribution is -2.51. The largest absolute Gasteiger partial charge is 0.368 e. The monoisotopic (exact) mass is 301 g/mol. The van der Waals surface area contributed by atoms with Crippen molar-refractivity contribution in [2.45, 2.75) is 51.5 Å². The number of anilines is 1. The number of hydrogen-bond donors (Lipinski definition) is 2. The van der Waals surface area contributed by atoms with E-state index in [1.807, 2.05) is 6.07 Å². The summed E-state index contributed by atoms with van der Waals surface area (Å²) in [6, 6.07) is 1.87. The molecule has 2 aromatic heterocycles. The van der Waals surface area contributed by atoms with Crippen molar-refractivity contribution in [2.75, 3.05) is 12.3 Å². The van der Waals surface area contributed by atoms with Crippen molar-refractivity contribution in [3.63, 3.8) is 0 Å². The van der Waals surface area contributed by atoms with Crippen LogP contribution in [0.4, 0.5) is 5.95 Å². The molecule has 0 aromatic carbocycles. The van der Waals surface area contributed by atoms with E-state index >= 15 is 0 Å². The number of fused-ring (bicyclic) bond motifs is 3. The molecule has 0 radical (unpaired) electrons. The number of amides is 1. The number of nitrogens with zero attached hydrogens (tertiary/aromatic N) is 3. The molecule has 2 aromatic rings. The highest BCUT2D eigenvalue weighted by atomic mass is 16.2. The number of nitrogens with two attached hydrogens (primary N) is 1. The number of nitrogens with one attached hydrogen (secondary N) is 1. The zero-order valence-electron chi connectivity index (χ0n) is 13.2. The van der Waals surface area contributed by atoms with Gasteiger partial charge >= 0.3 is 0 Å². The Kier molecular flexibility index (Phi) is 3.76. The standard InChI is InChI=1S/C16H23N5O/c1-3-5-7-16(6-4-2)10-19-14(22)12-8-11-9-18-15(17)20-13(11)21(12)16/h8-9H,3-7,10H2,1-2H3,(H,19,22)(H2,17,18,20). The quantitative estimate of drug-likeness (QED) is 0.888. The number of unbranched alkanes of at least 4 members (excludes halogenated alkanes) is 1. The summed E-state index contributed by atoms with van der Waals surface area (Å²) in [5.41, 5.74) is 7.11. The molecule has 0 fully saturated rings. The lowest BCUT2D eigenvalue weighted by atomic mass is 9.85. The number of carbonyl (C=O) groups is 1. The molecular formula is C16H23N5O. The summed E-state index contributed by atoms with van der Waals surface area (Å²) in [5, 5.41) is 3.93. The van der Waals surface area contributed by atoms with Gasteiger partial charge in [0.2, 0.25) is 5.95 Å². The number of rotatable bonds is 5. The van der Waals surface area contributed by atoms with Gasteiger partial charge < -0.3 is 15.6 Å². The van der Waals surface area contributed by atoms with Crippen LogP contribution in [0.25, 0.3) is 11.0 Å². The van der Waals surface area contributed by atoms with Crippen LogP contribution in [-0.2, 0) is 5.54 Å². The Morgan fingerprint density at radius 3 is 2.91 bits per heavy atom. The maximum Gasteiger partial charge on any atom is 0.268 e. The van der Waals surface area contributed by atoms with E-state index in [1.54, 1.807) is 6.20 Å². The fraction of sp³-hybridized carbons (Fsp3) is 0.562. The Labute approximate surface area is 130 Å². The van der Waals surface area contributed by atoms with Crippen molar-refractivity contribution in [3.8, 4) is 0 Å². The number of hydrogen-bond acceptors (Lipinski definition) is 4. The molecule has 3 N–H and O–H groups in total. The van der Waals surface area contributed by atoms with Crippen LogP contribution in [0, 0.1) is 0 Å².